The summed E-state index contributed by atoms with van der Waals surface area (Å²) in [6.07, 6.45) is -5.91. The van der Waals surface area contributed by atoms with E-state index in [1.54, 1.807) is 22.3 Å². The van der Waals surface area contributed by atoms with Gasteiger partial charge in [0.1, 0.15) is 0 Å². The average Bonchev–Trinajstić information content (AvgIpc) is 3.10. The van der Waals surface area contributed by atoms with Crippen molar-refractivity contribution < 1.29 is 26.3 Å². The van der Waals surface area contributed by atoms with E-state index in [1.165, 1.54) is 0 Å². The molecule has 0 saturated heterocycles. The summed E-state index contributed by atoms with van der Waals surface area (Å²) < 4.78 is 73.7. The smallest absolute Gasteiger partial charge is 0.254 e. The van der Waals surface area contributed by atoms with Crippen molar-refractivity contribution in [1.82, 2.24) is 30.4 Å². The molecule has 0 aliphatic carbocycles. The van der Waals surface area contributed by atoms with E-state index in [0.29, 0.717) is 11.5 Å². The first kappa shape index (κ1) is 18.6. The Morgan fingerprint density at radius 2 is 1.12 bits per heavy atom. The van der Waals surface area contributed by atoms with E-state index in [4.69, 9.17) is 0 Å². The molecule has 2 aromatic rings. The van der Waals surface area contributed by atoms with Gasteiger partial charge in [-0.05, 0) is 0 Å². The van der Waals surface area contributed by atoms with E-state index < -0.39 is 24.0 Å². The van der Waals surface area contributed by atoms with Crippen molar-refractivity contribution in [2.24, 2.45) is 0 Å². The Labute approximate surface area is 138 Å². The Bertz CT molecular complexity index is 632. The monoisotopic (exact) mass is 390 g/mol. The van der Waals surface area contributed by atoms with E-state index in [-0.39, 0.29) is 10.3 Å². The van der Waals surface area contributed by atoms with Crippen LogP contribution in [0.5, 0.6) is 0 Å². The summed E-state index contributed by atoms with van der Waals surface area (Å²) in [5, 5.41) is 10.3. The molecule has 14 heteroatoms. The summed E-state index contributed by atoms with van der Waals surface area (Å²) in [6, 6.07) is 0. The summed E-state index contributed by atoms with van der Waals surface area (Å²) >= 11 is 1.95. The highest BCUT2D eigenvalue weighted by atomic mass is 32.2. The lowest BCUT2D eigenvalue weighted by Crippen LogP contribution is -2.07. The van der Waals surface area contributed by atoms with Gasteiger partial charge in [-0.3, -0.25) is 10.2 Å². The molecule has 2 aromatic heterocycles. The zero-order chi connectivity index (χ0) is 17.8. The summed E-state index contributed by atoms with van der Waals surface area (Å²) in [6.45, 7) is 0. The van der Waals surface area contributed by atoms with Gasteiger partial charge in [0.05, 0.1) is 0 Å². The molecule has 0 aliphatic heterocycles. The molecule has 0 aromatic carbocycles. The Morgan fingerprint density at radius 3 is 1.42 bits per heavy atom. The normalized spacial score (nSPS) is 13.1. The van der Waals surface area contributed by atoms with Crippen molar-refractivity contribution >= 4 is 23.5 Å². The van der Waals surface area contributed by atoms with Crippen molar-refractivity contribution in [3.8, 4) is 0 Å². The summed E-state index contributed by atoms with van der Waals surface area (Å²) in [5.41, 5.74) is 0. The second-order valence-electron chi connectivity index (χ2n) is 4.02. The van der Waals surface area contributed by atoms with Crippen LogP contribution < -0.4 is 0 Å². The molecule has 0 aliphatic rings. The zero-order valence-electron chi connectivity index (χ0n) is 11.4. The SMILES string of the molecule is FC(F)(F)c1nc(SCC=CCSc2n[nH]c(C(F)(F)F)n2)n[nH]1. The van der Waals surface area contributed by atoms with Crippen LogP contribution >= 0.6 is 23.5 Å². The van der Waals surface area contributed by atoms with Gasteiger partial charge in [0.15, 0.2) is 0 Å². The van der Waals surface area contributed by atoms with Crippen molar-refractivity contribution in [1.29, 1.82) is 0 Å². The van der Waals surface area contributed by atoms with Crippen LogP contribution in [0.1, 0.15) is 11.6 Å². The van der Waals surface area contributed by atoms with E-state index in [0.717, 1.165) is 23.5 Å². The molecule has 0 unspecified atom stereocenters. The number of H-pyrrole nitrogens is 2. The van der Waals surface area contributed by atoms with Gasteiger partial charge < -0.3 is 0 Å². The number of hydrogen-bond acceptors (Lipinski definition) is 6. The van der Waals surface area contributed by atoms with Gasteiger partial charge in [0.25, 0.3) is 0 Å². The highest BCUT2D eigenvalue weighted by molar-refractivity contribution is 7.99. The van der Waals surface area contributed by atoms with Gasteiger partial charge >= 0.3 is 12.4 Å². The molecular formula is C10H8F6N6S2. The van der Waals surface area contributed by atoms with E-state index in [2.05, 4.69) is 20.2 Å². The van der Waals surface area contributed by atoms with Crippen molar-refractivity contribution in [3.05, 3.63) is 23.8 Å². The number of aromatic nitrogens is 6. The maximum atomic E-state index is 12.3. The van der Waals surface area contributed by atoms with Crippen molar-refractivity contribution in [2.45, 2.75) is 22.7 Å². The molecule has 0 amide bonds. The highest BCUT2D eigenvalue weighted by Gasteiger charge is 2.35. The maximum absolute atomic E-state index is 12.3. The standard InChI is InChI=1S/C10H8F6N6S2/c11-9(12,13)5-17-7(21-19-5)23-3-1-2-4-24-8-18-6(20-22-8)10(14,15)16/h1-2H,3-4H2,(H,17,19,21)(H,18,20,22). The van der Waals surface area contributed by atoms with Crippen LogP contribution in [0.15, 0.2) is 22.5 Å². The van der Waals surface area contributed by atoms with Crippen LogP contribution in [0.25, 0.3) is 0 Å². The number of thioether (sulfide) groups is 2. The van der Waals surface area contributed by atoms with E-state index >= 15 is 0 Å². The molecule has 0 fully saturated rings. The lowest BCUT2D eigenvalue weighted by Gasteiger charge is -1.98. The van der Waals surface area contributed by atoms with Crippen molar-refractivity contribution in [3.63, 3.8) is 0 Å². The topological polar surface area (TPSA) is 83.1 Å². The maximum Gasteiger partial charge on any atom is 0.451 e. The van der Waals surface area contributed by atoms with Crippen LogP contribution in [0.4, 0.5) is 26.3 Å². The van der Waals surface area contributed by atoms with Crippen LogP contribution in [0.2, 0.25) is 0 Å². The molecule has 2 N–H and O–H groups in total. The summed E-state index contributed by atoms with van der Waals surface area (Å²) in [7, 11) is 0. The zero-order valence-corrected chi connectivity index (χ0v) is 13.1. The molecule has 2 heterocycles. The Balaban J connectivity index is 1.72. The number of nitrogens with one attached hydrogen (secondary N) is 2. The minimum Gasteiger partial charge on any atom is -0.254 e. The first-order valence-electron chi connectivity index (χ1n) is 6.06. The summed E-state index contributed by atoms with van der Waals surface area (Å²) in [4.78, 5) is 6.55. The van der Waals surface area contributed by atoms with Crippen LogP contribution in [0, 0.1) is 0 Å². The van der Waals surface area contributed by atoms with Gasteiger partial charge in [0, 0.05) is 11.5 Å². The second kappa shape index (κ2) is 7.46. The number of nitrogens with zero attached hydrogens (tertiary/aromatic N) is 4. The average molecular weight is 390 g/mol. The predicted octanol–water partition coefficient (Wildman–Crippen LogP) is 3.40. The molecule has 0 spiro atoms. The molecule has 132 valence electrons. The summed E-state index contributed by atoms with van der Waals surface area (Å²) in [5.74, 6) is -1.74. The third-order valence-electron chi connectivity index (χ3n) is 2.25. The Morgan fingerprint density at radius 1 is 0.750 bits per heavy atom. The number of halogens is 6. The van der Waals surface area contributed by atoms with E-state index in [1.807, 2.05) is 0 Å². The van der Waals surface area contributed by atoms with Gasteiger partial charge in [0.2, 0.25) is 22.0 Å². The molecule has 0 radical (unpaired) electrons. The van der Waals surface area contributed by atoms with Gasteiger partial charge in [-0.25, -0.2) is 0 Å². The molecule has 6 nitrogen and oxygen atoms in total. The molecule has 24 heavy (non-hydrogen) atoms. The molecule has 2 rings (SSSR count). The fourth-order valence-corrected chi connectivity index (χ4v) is 2.55. The molecular weight excluding hydrogens is 382 g/mol. The number of alkyl halides is 6. The second-order valence-corrected chi connectivity index (χ2v) is 6.00. The van der Waals surface area contributed by atoms with Crippen molar-refractivity contribution in [2.75, 3.05) is 11.5 Å². The Hall–Kier alpha value is -1.70. The number of hydrogen-bond donors (Lipinski definition) is 2. The van der Waals surface area contributed by atoms with E-state index in [9.17, 15) is 26.3 Å². The quantitative estimate of drug-likeness (QED) is 0.447. The van der Waals surface area contributed by atoms with Gasteiger partial charge in [-0.2, -0.15) is 36.3 Å². The van der Waals surface area contributed by atoms with Crippen LogP contribution in [-0.4, -0.2) is 41.9 Å². The minimum atomic E-state index is -4.58. The van der Waals surface area contributed by atoms with Crippen LogP contribution in [0.3, 0.4) is 0 Å². The largest absolute Gasteiger partial charge is 0.451 e. The Kier molecular flexibility index (Phi) is 5.79. The number of aromatic amines is 2. The predicted molar refractivity (Wildman–Crippen MR) is 73.4 cm³/mol. The third kappa shape index (κ3) is 5.43. The molecule has 0 bridgehead atoms. The van der Waals surface area contributed by atoms with Gasteiger partial charge in [-0.1, -0.05) is 35.7 Å². The van der Waals surface area contributed by atoms with Crippen LogP contribution in [-0.2, 0) is 12.4 Å². The molecule has 0 saturated carbocycles. The minimum absolute atomic E-state index is 0.0524. The first-order valence-corrected chi connectivity index (χ1v) is 8.03. The lowest BCUT2D eigenvalue weighted by atomic mass is 10.6. The molecule has 0 atom stereocenters. The third-order valence-corrected chi connectivity index (χ3v) is 3.85. The first-order chi connectivity index (χ1) is 11.2. The van der Waals surface area contributed by atoms with Gasteiger partial charge in [-0.15, -0.1) is 10.2 Å². The number of rotatable bonds is 6. The fourth-order valence-electron chi connectivity index (χ4n) is 1.26. The fraction of sp³-hybridized carbons (Fsp3) is 0.400. The highest BCUT2D eigenvalue weighted by Crippen LogP contribution is 2.28. The lowest BCUT2D eigenvalue weighted by molar-refractivity contribution is -0.145.